The van der Waals surface area contributed by atoms with Crippen LogP contribution in [0.15, 0.2) is 61.2 Å². The van der Waals surface area contributed by atoms with Crippen LogP contribution in [0.1, 0.15) is 63.6 Å². The topological polar surface area (TPSA) is 66.5 Å². The molecular formula is C28H36Cl2N2O3S. The number of benzene rings is 2. The predicted octanol–water partition coefficient (Wildman–Crippen LogP) is 6.60. The number of piperidine rings is 1. The molecule has 1 heterocycles. The lowest BCUT2D eigenvalue weighted by Crippen LogP contribution is -2.59. The second-order valence-electron chi connectivity index (χ2n) is 10.2. The molecule has 2 aromatic carbocycles. The molecule has 1 fully saturated rings. The first-order valence-corrected chi connectivity index (χ1v) is 14.7. The van der Waals surface area contributed by atoms with Gasteiger partial charge in [0.15, 0.2) is 0 Å². The number of allylic oxidation sites excluding steroid dienone is 1. The molecule has 0 bridgehead atoms. The monoisotopic (exact) mass is 550 g/mol. The number of likely N-dealkylation sites (tertiary alicyclic amines) is 1. The van der Waals surface area contributed by atoms with Crippen LogP contribution in [-0.2, 0) is 14.8 Å². The number of nitrogens with one attached hydrogen (secondary N) is 1. The average Bonchev–Trinajstić information content (AvgIpc) is 2.82. The molecule has 1 aliphatic rings. The lowest BCUT2D eigenvalue weighted by Gasteiger charge is -2.53. The molecular weight excluding hydrogens is 515 g/mol. The van der Waals surface area contributed by atoms with Gasteiger partial charge < -0.3 is 4.90 Å². The molecule has 1 aliphatic heterocycles. The fourth-order valence-corrected chi connectivity index (χ4v) is 6.18. The predicted molar refractivity (Wildman–Crippen MR) is 149 cm³/mol. The molecule has 0 saturated carbocycles. The number of sulfonamides is 1. The number of amides is 1. The number of halogens is 2. The lowest BCUT2D eigenvalue weighted by atomic mass is 9.66. The van der Waals surface area contributed by atoms with Gasteiger partial charge in [-0.15, -0.1) is 6.58 Å². The van der Waals surface area contributed by atoms with Gasteiger partial charge in [0.2, 0.25) is 15.9 Å². The van der Waals surface area contributed by atoms with Crippen molar-refractivity contribution in [2.24, 2.45) is 11.3 Å². The maximum absolute atomic E-state index is 14.3. The summed E-state index contributed by atoms with van der Waals surface area (Å²) in [5, 5.41) is 1.24. The van der Waals surface area contributed by atoms with E-state index in [9.17, 15) is 13.2 Å². The van der Waals surface area contributed by atoms with Gasteiger partial charge in [-0.3, -0.25) is 4.79 Å². The molecule has 1 saturated heterocycles. The Bertz CT molecular complexity index is 1180. The number of nitrogens with zero attached hydrogens (tertiary/aromatic N) is 1. The van der Waals surface area contributed by atoms with Crippen molar-refractivity contribution in [1.82, 2.24) is 9.62 Å². The summed E-state index contributed by atoms with van der Waals surface area (Å²) in [6.07, 6.45) is 2.91. The molecule has 4 atom stereocenters. The van der Waals surface area contributed by atoms with Gasteiger partial charge in [0.25, 0.3) is 0 Å². The molecule has 36 heavy (non-hydrogen) atoms. The normalized spacial score (nSPS) is 23.6. The number of hydrogen-bond acceptors (Lipinski definition) is 3. The zero-order valence-corrected chi connectivity index (χ0v) is 23.7. The van der Waals surface area contributed by atoms with Crippen LogP contribution in [0.25, 0.3) is 0 Å². The van der Waals surface area contributed by atoms with Crippen molar-refractivity contribution in [2.75, 3.05) is 12.3 Å². The highest BCUT2D eigenvalue weighted by molar-refractivity contribution is 7.89. The van der Waals surface area contributed by atoms with Gasteiger partial charge in [0.1, 0.15) is 0 Å². The van der Waals surface area contributed by atoms with E-state index in [1.54, 1.807) is 13.0 Å². The molecule has 1 N–H and O–H groups in total. The third kappa shape index (κ3) is 6.34. The minimum Gasteiger partial charge on any atom is -0.330 e. The average molecular weight is 552 g/mol. The van der Waals surface area contributed by atoms with Gasteiger partial charge in [0.05, 0.1) is 17.2 Å². The highest BCUT2D eigenvalue weighted by Gasteiger charge is 2.51. The number of carbonyl (C=O) groups is 1. The Kier molecular flexibility index (Phi) is 9.31. The van der Waals surface area contributed by atoms with E-state index in [0.717, 1.165) is 11.1 Å². The van der Waals surface area contributed by atoms with Gasteiger partial charge in [0, 0.05) is 28.5 Å². The first kappa shape index (κ1) is 28.7. The fraction of sp³-hybridized carbons (Fsp3) is 0.464. The molecule has 0 unspecified atom stereocenters. The largest absolute Gasteiger partial charge is 0.330 e. The Morgan fingerprint density at radius 2 is 1.81 bits per heavy atom. The van der Waals surface area contributed by atoms with Crippen LogP contribution in [0.3, 0.4) is 0 Å². The van der Waals surface area contributed by atoms with Crippen LogP contribution in [0.4, 0.5) is 0 Å². The van der Waals surface area contributed by atoms with Crippen molar-refractivity contribution in [3.63, 3.8) is 0 Å². The summed E-state index contributed by atoms with van der Waals surface area (Å²) < 4.78 is 27.5. The molecule has 5 nitrogen and oxygen atoms in total. The molecule has 8 heteroatoms. The van der Waals surface area contributed by atoms with E-state index in [-0.39, 0.29) is 42.1 Å². The highest BCUT2D eigenvalue weighted by Crippen LogP contribution is 2.52. The molecule has 2 aromatic rings. The Labute approximate surface area is 225 Å². The van der Waals surface area contributed by atoms with E-state index in [1.807, 2.05) is 74.2 Å². The summed E-state index contributed by atoms with van der Waals surface area (Å²) >= 11 is 12.6. The maximum atomic E-state index is 14.3. The van der Waals surface area contributed by atoms with E-state index < -0.39 is 15.4 Å². The number of carbonyl (C=O) groups excluding carboxylic acids is 1. The van der Waals surface area contributed by atoms with Gasteiger partial charge >= 0.3 is 0 Å². The van der Waals surface area contributed by atoms with Crippen LogP contribution in [0.5, 0.6) is 0 Å². The minimum absolute atomic E-state index is 0.00461. The Morgan fingerprint density at radius 1 is 1.14 bits per heavy atom. The second kappa shape index (κ2) is 11.7. The fourth-order valence-electron chi connectivity index (χ4n) is 5.22. The Balaban J connectivity index is 2.23. The summed E-state index contributed by atoms with van der Waals surface area (Å²) in [4.78, 5) is 16.2. The Morgan fingerprint density at radius 3 is 2.36 bits per heavy atom. The maximum Gasteiger partial charge on any atom is 0.229 e. The second-order valence-corrected chi connectivity index (χ2v) is 13.2. The van der Waals surface area contributed by atoms with Crippen LogP contribution in [0.2, 0.25) is 10.0 Å². The summed E-state index contributed by atoms with van der Waals surface area (Å²) in [5.74, 6) is -0.105. The van der Waals surface area contributed by atoms with Crippen LogP contribution in [-0.4, -0.2) is 37.6 Å². The van der Waals surface area contributed by atoms with Crippen molar-refractivity contribution < 1.29 is 13.2 Å². The van der Waals surface area contributed by atoms with Gasteiger partial charge in [-0.05, 0) is 61.1 Å². The van der Waals surface area contributed by atoms with E-state index in [0.29, 0.717) is 22.9 Å². The molecule has 0 aliphatic carbocycles. The number of rotatable bonds is 10. The molecule has 1 amide bonds. The zero-order valence-electron chi connectivity index (χ0n) is 21.4. The minimum atomic E-state index is -3.44. The molecule has 196 valence electrons. The van der Waals surface area contributed by atoms with Gasteiger partial charge in [-0.25, -0.2) is 13.1 Å². The van der Waals surface area contributed by atoms with Crippen molar-refractivity contribution >= 4 is 39.1 Å². The molecule has 3 rings (SSSR count). The summed E-state index contributed by atoms with van der Waals surface area (Å²) in [7, 11) is -3.44. The zero-order chi connectivity index (χ0) is 26.7. The van der Waals surface area contributed by atoms with Crippen molar-refractivity contribution in [1.29, 1.82) is 0 Å². The summed E-state index contributed by atoms with van der Waals surface area (Å²) in [6.45, 7) is 11.7. The van der Waals surface area contributed by atoms with E-state index >= 15 is 0 Å². The third-order valence-corrected chi connectivity index (χ3v) is 9.06. The first-order chi connectivity index (χ1) is 16.9. The van der Waals surface area contributed by atoms with Crippen LogP contribution in [0, 0.1) is 11.3 Å². The van der Waals surface area contributed by atoms with Crippen molar-refractivity contribution in [3.05, 3.63) is 82.4 Å². The summed E-state index contributed by atoms with van der Waals surface area (Å²) in [6, 6.07) is 14.6. The highest BCUT2D eigenvalue weighted by atomic mass is 35.5. The quantitative estimate of drug-likeness (QED) is 0.339. The first-order valence-electron chi connectivity index (χ1n) is 12.3. The van der Waals surface area contributed by atoms with E-state index in [1.165, 1.54) is 0 Å². The Hall–Kier alpha value is -1.86. The molecule has 0 aromatic heterocycles. The summed E-state index contributed by atoms with van der Waals surface area (Å²) in [5.41, 5.74) is 1.28. The van der Waals surface area contributed by atoms with E-state index in [4.69, 9.17) is 23.2 Å². The van der Waals surface area contributed by atoms with Crippen molar-refractivity contribution in [3.8, 4) is 0 Å². The van der Waals surface area contributed by atoms with E-state index in [2.05, 4.69) is 11.3 Å². The SMILES string of the molecule is C=CC[C@@]1(C)C[C@H](c2cccc(Cl)c2)[C@@H](c2ccc(Cl)cc2)N([C@@H](CNS(=O)(=O)CC)C(C)C)C1=O. The molecule has 0 radical (unpaired) electrons. The van der Waals surface area contributed by atoms with Crippen LogP contribution >= 0.6 is 23.2 Å². The molecule has 0 spiro atoms. The smallest absolute Gasteiger partial charge is 0.229 e. The lowest BCUT2D eigenvalue weighted by molar-refractivity contribution is -0.155. The van der Waals surface area contributed by atoms with Gasteiger partial charge in [-0.1, -0.05) is 74.3 Å². The van der Waals surface area contributed by atoms with Crippen molar-refractivity contribution in [2.45, 2.75) is 58.5 Å². The standard InChI is InChI=1S/C28H36Cl2N2O3S/c1-6-15-28(5)17-24(21-9-8-10-23(30)16-21)26(20-11-13-22(29)14-12-20)32(27(28)33)25(19(3)4)18-31-36(34,35)7-2/h6,8-14,16,19,24-26,31H,1,7,15,17-18H2,2-5H3/t24-,25+,26-,28+/m1/s1. The number of hydrogen-bond donors (Lipinski definition) is 1. The van der Waals surface area contributed by atoms with Gasteiger partial charge in [-0.2, -0.15) is 0 Å². The third-order valence-electron chi connectivity index (χ3n) is 7.20. The van der Waals surface area contributed by atoms with Crippen LogP contribution < -0.4 is 4.72 Å².